The maximum Gasteiger partial charge on any atom is 0.147 e. The van der Waals surface area contributed by atoms with Crippen LogP contribution in [0.5, 0.6) is 0 Å². The van der Waals surface area contributed by atoms with Gasteiger partial charge < -0.3 is 24.2 Å². The van der Waals surface area contributed by atoms with Crippen LogP contribution >= 0.6 is 11.3 Å². The van der Waals surface area contributed by atoms with Gasteiger partial charge in [0.25, 0.3) is 0 Å². The quantitative estimate of drug-likeness (QED) is 0.443. The van der Waals surface area contributed by atoms with Crippen LogP contribution in [0.2, 0.25) is 0 Å². The van der Waals surface area contributed by atoms with Crippen LogP contribution in [0.15, 0.2) is 18.2 Å². The van der Waals surface area contributed by atoms with E-state index in [9.17, 15) is 5.11 Å². The van der Waals surface area contributed by atoms with E-state index in [4.69, 9.17) is 19.2 Å². The summed E-state index contributed by atoms with van der Waals surface area (Å²) in [5.41, 5.74) is 4.77. The smallest absolute Gasteiger partial charge is 0.147 e. The Morgan fingerprint density at radius 1 is 1.26 bits per heavy atom. The molecule has 31 heavy (non-hydrogen) atoms. The molecule has 1 atom stereocenters. The fraction of sp³-hybridized carbons (Fsp3) is 0.609. The third-order valence-electron chi connectivity index (χ3n) is 5.85. The Bertz CT molecular complexity index is 867. The summed E-state index contributed by atoms with van der Waals surface area (Å²) in [6, 6.07) is 6.59. The zero-order valence-electron chi connectivity index (χ0n) is 18.7. The Kier molecular flexibility index (Phi) is 7.58. The molecule has 0 saturated carbocycles. The van der Waals surface area contributed by atoms with Crippen molar-refractivity contribution in [3.05, 3.63) is 34.3 Å². The highest BCUT2D eigenvalue weighted by Gasteiger charge is 2.28. The molecule has 170 valence electrons. The van der Waals surface area contributed by atoms with Crippen molar-refractivity contribution < 1.29 is 19.3 Å². The van der Waals surface area contributed by atoms with Crippen LogP contribution < -0.4 is 4.90 Å². The molecular formula is C23H33N3O4S. The first-order valence-corrected chi connectivity index (χ1v) is 11.8. The highest BCUT2D eigenvalue weighted by Crippen LogP contribution is 2.41. The van der Waals surface area contributed by atoms with Crippen LogP contribution in [-0.4, -0.2) is 75.4 Å². The summed E-state index contributed by atoms with van der Waals surface area (Å²) < 4.78 is 16.6. The van der Waals surface area contributed by atoms with Crippen LogP contribution in [0.3, 0.4) is 0 Å². The second-order valence-electron chi connectivity index (χ2n) is 8.48. The third-order valence-corrected chi connectivity index (χ3v) is 7.07. The predicted molar refractivity (Wildman–Crippen MR) is 123 cm³/mol. The van der Waals surface area contributed by atoms with Crippen LogP contribution in [0.1, 0.15) is 35.1 Å². The average Bonchev–Trinajstić information content (AvgIpc) is 3.17. The summed E-state index contributed by atoms with van der Waals surface area (Å²) in [5.74, 6) is 0. The van der Waals surface area contributed by atoms with E-state index >= 15 is 0 Å². The van der Waals surface area contributed by atoms with Gasteiger partial charge in [0.2, 0.25) is 0 Å². The molecule has 7 nitrogen and oxygen atoms in total. The minimum atomic E-state index is -0.198. The van der Waals surface area contributed by atoms with Gasteiger partial charge in [-0.2, -0.15) is 0 Å². The molecule has 1 aromatic carbocycles. The van der Waals surface area contributed by atoms with Crippen LogP contribution in [0.4, 0.5) is 5.69 Å². The number of nitrogens with zero attached hydrogens (tertiary/aromatic N) is 3. The van der Waals surface area contributed by atoms with Gasteiger partial charge in [0.1, 0.15) is 11.8 Å². The van der Waals surface area contributed by atoms with E-state index in [1.807, 2.05) is 0 Å². The fourth-order valence-corrected chi connectivity index (χ4v) is 5.35. The molecule has 1 unspecified atom stereocenters. The van der Waals surface area contributed by atoms with Crippen molar-refractivity contribution in [3.8, 4) is 10.6 Å². The van der Waals surface area contributed by atoms with E-state index in [1.54, 1.807) is 18.4 Å². The van der Waals surface area contributed by atoms with Gasteiger partial charge in [-0.15, -0.1) is 11.3 Å². The monoisotopic (exact) mass is 447 g/mol. The van der Waals surface area contributed by atoms with Crippen molar-refractivity contribution in [2.45, 2.75) is 38.0 Å². The van der Waals surface area contributed by atoms with Crippen molar-refractivity contribution in [3.63, 3.8) is 0 Å². The molecule has 2 heterocycles. The lowest BCUT2D eigenvalue weighted by molar-refractivity contribution is -0.102. The fourth-order valence-electron chi connectivity index (χ4n) is 4.10. The maximum atomic E-state index is 9.69. The van der Waals surface area contributed by atoms with Gasteiger partial charge in [0, 0.05) is 52.1 Å². The molecule has 0 bridgehead atoms. The number of rotatable bonds is 10. The molecule has 1 aromatic heterocycles. The summed E-state index contributed by atoms with van der Waals surface area (Å²) in [7, 11) is 5.79. The Balaban J connectivity index is 1.54. The van der Waals surface area contributed by atoms with Gasteiger partial charge in [0.05, 0.1) is 36.0 Å². The number of thiazole rings is 1. The van der Waals surface area contributed by atoms with E-state index < -0.39 is 0 Å². The first kappa shape index (κ1) is 22.6. The number of aromatic nitrogens is 1. The van der Waals surface area contributed by atoms with Gasteiger partial charge in [-0.3, -0.25) is 4.90 Å². The lowest BCUT2D eigenvalue weighted by atomic mass is 10.00. The topological polar surface area (TPSA) is 67.3 Å². The van der Waals surface area contributed by atoms with Crippen LogP contribution in [0.25, 0.3) is 10.6 Å². The Hall–Kier alpha value is -1.55. The van der Waals surface area contributed by atoms with E-state index in [2.05, 4.69) is 42.1 Å². The number of β-amino-alcohol motifs (C(OH)–C–C–N with tert-alkyl or cyclic N) is 1. The zero-order valence-corrected chi connectivity index (χ0v) is 19.5. The van der Waals surface area contributed by atoms with Gasteiger partial charge >= 0.3 is 0 Å². The molecule has 2 aromatic rings. The molecule has 0 amide bonds. The van der Waals surface area contributed by atoms with Gasteiger partial charge in [-0.25, -0.2) is 4.98 Å². The highest BCUT2D eigenvalue weighted by atomic mass is 32.1. The molecule has 1 N–H and O–H groups in total. The number of aliphatic hydroxyl groups excluding tert-OH is 1. The highest BCUT2D eigenvalue weighted by molar-refractivity contribution is 7.15. The number of likely N-dealkylation sites (tertiary alicyclic amines) is 1. The standard InChI is InChI=1S/C23H33N3O4S/c1-25(2)17-7-8-19(16(11-17)12-26-13-18(27)14-26)23-24-20-5-4-6-21(22(20)31-23)30-15-29-10-9-28-3/h7-8,11,18,21,27H,4-6,9-10,12-15H2,1-3H3. The Labute approximate surface area is 188 Å². The van der Waals surface area contributed by atoms with Crippen LogP contribution in [0, 0.1) is 0 Å². The van der Waals surface area contributed by atoms with E-state index in [0.29, 0.717) is 13.2 Å². The number of aryl methyl sites for hydroxylation is 1. The van der Waals surface area contributed by atoms with Crippen LogP contribution in [-0.2, 0) is 27.2 Å². The maximum absolute atomic E-state index is 9.69. The number of methoxy groups -OCH3 is 1. The number of hydrogen-bond donors (Lipinski definition) is 1. The minimum absolute atomic E-state index is 0.0487. The van der Waals surface area contributed by atoms with Crippen molar-refractivity contribution in [1.82, 2.24) is 9.88 Å². The predicted octanol–water partition coefficient (Wildman–Crippen LogP) is 3.07. The van der Waals surface area contributed by atoms with E-state index in [1.165, 1.54) is 21.7 Å². The van der Waals surface area contributed by atoms with Gasteiger partial charge in [0.15, 0.2) is 0 Å². The molecule has 1 aliphatic heterocycles. The lowest BCUT2D eigenvalue weighted by Crippen LogP contribution is -2.49. The second-order valence-corrected chi connectivity index (χ2v) is 9.51. The van der Waals surface area contributed by atoms with E-state index in [0.717, 1.165) is 49.6 Å². The molecule has 1 saturated heterocycles. The lowest BCUT2D eigenvalue weighted by Gasteiger charge is -2.36. The number of benzene rings is 1. The normalized spacial score (nSPS) is 19.3. The molecule has 8 heteroatoms. The first-order chi connectivity index (χ1) is 15.0. The number of hydrogen-bond acceptors (Lipinski definition) is 8. The minimum Gasteiger partial charge on any atom is -0.390 e. The zero-order chi connectivity index (χ0) is 21.8. The molecular weight excluding hydrogens is 414 g/mol. The van der Waals surface area contributed by atoms with Crippen molar-refractivity contribution in [2.24, 2.45) is 0 Å². The summed E-state index contributed by atoms with van der Waals surface area (Å²) >= 11 is 1.75. The Morgan fingerprint density at radius 3 is 2.84 bits per heavy atom. The summed E-state index contributed by atoms with van der Waals surface area (Å²) in [5, 5.41) is 10.8. The number of fused-ring (bicyclic) bond motifs is 1. The SMILES string of the molecule is COCCOCOC1CCCc2nc(-c3ccc(N(C)C)cc3CN3CC(O)C3)sc21. The molecule has 2 aliphatic rings. The summed E-state index contributed by atoms with van der Waals surface area (Å²) in [6.07, 6.45) is 2.93. The second kappa shape index (κ2) is 10.4. The first-order valence-electron chi connectivity index (χ1n) is 10.9. The summed E-state index contributed by atoms with van der Waals surface area (Å²) in [4.78, 5) is 10.7. The number of ether oxygens (including phenoxy) is 3. The van der Waals surface area contributed by atoms with Gasteiger partial charge in [-0.1, -0.05) is 0 Å². The molecule has 0 spiro atoms. The molecule has 1 aliphatic carbocycles. The summed E-state index contributed by atoms with van der Waals surface area (Å²) in [6.45, 7) is 3.69. The average molecular weight is 448 g/mol. The molecule has 4 rings (SSSR count). The van der Waals surface area contributed by atoms with Gasteiger partial charge in [-0.05, 0) is 43.0 Å². The molecule has 0 radical (unpaired) electrons. The largest absolute Gasteiger partial charge is 0.390 e. The van der Waals surface area contributed by atoms with Crippen molar-refractivity contribution >= 4 is 17.0 Å². The molecule has 1 fully saturated rings. The number of anilines is 1. The third kappa shape index (κ3) is 5.45. The van der Waals surface area contributed by atoms with Crippen molar-refractivity contribution in [2.75, 3.05) is 59.2 Å². The number of aliphatic hydroxyl groups is 1. The van der Waals surface area contributed by atoms with E-state index in [-0.39, 0.29) is 19.0 Å². The van der Waals surface area contributed by atoms with Crippen molar-refractivity contribution in [1.29, 1.82) is 0 Å². The Morgan fingerprint density at radius 2 is 2.10 bits per heavy atom.